The monoisotopic (exact) mass is 357 g/mol. The molecule has 1 unspecified atom stereocenters. The van der Waals surface area contributed by atoms with Gasteiger partial charge in [-0.15, -0.1) is 0 Å². The fourth-order valence-electron chi connectivity index (χ4n) is 2.63. The summed E-state index contributed by atoms with van der Waals surface area (Å²) in [4.78, 5) is 11.8. The topological polar surface area (TPSA) is 92.5 Å². The number of rotatable bonds is 4. The van der Waals surface area contributed by atoms with E-state index in [0.717, 1.165) is 23.1 Å². The third kappa shape index (κ3) is 3.57. The van der Waals surface area contributed by atoms with Gasteiger partial charge in [-0.2, -0.15) is 0 Å². The zero-order valence-corrected chi connectivity index (χ0v) is 14.7. The smallest absolute Gasteiger partial charge is 0.240 e. The molecule has 0 spiro atoms. The molecule has 3 N–H and O–H groups in total. The van der Waals surface area contributed by atoms with Crippen LogP contribution in [-0.4, -0.2) is 26.6 Å². The molecule has 3 rings (SSSR count). The van der Waals surface area contributed by atoms with Gasteiger partial charge in [-0.05, 0) is 42.8 Å². The number of hydrazine groups is 1. The zero-order valence-electron chi connectivity index (χ0n) is 13.9. The lowest BCUT2D eigenvalue weighted by Gasteiger charge is -2.24. The van der Waals surface area contributed by atoms with Gasteiger partial charge in [-0.1, -0.05) is 29.8 Å². The molecule has 1 atom stereocenters. The third-order valence-corrected chi connectivity index (χ3v) is 5.14. The number of benzene rings is 2. The Kier molecular flexibility index (Phi) is 4.36. The molecule has 0 saturated heterocycles. The summed E-state index contributed by atoms with van der Waals surface area (Å²) in [5.74, 6) is -0.486. The number of hydrogen-bond acceptors (Lipinski definition) is 5. The van der Waals surface area contributed by atoms with Gasteiger partial charge in [0.1, 0.15) is 6.04 Å². The minimum Gasteiger partial charge on any atom is -0.368 e. The van der Waals surface area contributed by atoms with Crippen LogP contribution in [0.2, 0.25) is 0 Å². The van der Waals surface area contributed by atoms with E-state index in [9.17, 15) is 13.2 Å². The first-order chi connectivity index (χ1) is 11.8. The maximum atomic E-state index is 11.6. The Morgan fingerprint density at radius 2 is 1.68 bits per heavy atom. The molecule has 1 aliphatic heterocycles. The summed E-state index contributed by atoms with van der Waals surface area (Å²) in [6.07, 6.45) is 2.92. The van der Waals surface area contributed by atoms with Gasteiger partial charge in [-0.25, -0.2) is 13.8 Å². The average molecular weight is 357 g/mol. The molecule has 0 fully saturated rings. The van der Waals surface area contributed by atoms with Gasteiger partial charge in [0.25, 0.3) is 0 Å². The van der Waals surface area contributed by atoms with Crippen molar-refractivity contribution < 1.29 is 13.2 Å². The summed E-state index contributed by atoms with van der Waals surface area (Å²) in [5, 5.41) is 1.74. The number of primary amides is 1. The lowest BCUT2D eigenvalue weighted by molar-refractivity contribution is -0.118. The standard InChI is InChI=1S/C18H19N3O3S/c1-12-3-5-13(6-4-12)17-11-16(18(19)22)20-21(17)14-7-9-15(10-8-14)25(2,23)24/h3-11,16,20H,1-2H3,(H2,19,22). The molecular weight excluding hydrogens is 338 g/mol. The number of sulfone groups is 1. The average Bonchev–Trinajstić information content (AvgIpc) is 3.00. The summed E-state index contributed by atoms with van der Waals surface area (Å²) in [6, 6.07) is 13.7. The molecule has 0 radical (unpaired) electrons. The van der Waals surface area contributed by atoms with Crippen molar-refractivity contribution in [3.63, 3.8) is 0 Å². The van der Waals surface area contributed by atoms with E-state index >= 15 is 0 Å². The highest BCUT2D eigenvalue weighted by molar-refractivity contribution is 7.90. The number of nitrogens with two attached hydrogens (primary N) is 1. The minimum absolute atomic E-state index is 0.239. The van der Waals surface area contributed by atoms with Gasteiger partial charge in [0.2, 0.25) is 5.91 Å². The van der Waals surface area contributed by atoms with Gasteiger partial charge in [0, 0.05) is 6.26 Å². The van der Waals surface area contributed by atoms with Crippen LogP contribution in [0.15, 0.2) is 59.5 Å². The summed E-state index contributed by atoms with van der Waals surface area (Å²) in [6.45, 7) is 2.00. The number of amides is 1. The predicted molar refractivity (Wildman–Crippen MR) is 97.3 cm³/mol. The number of carbonyl (C=O) groups is 1. The molecule has 7 heteroatoms. The highest BCUT2D eigenvalue weighted by atomic mass is 32.2. The Morgan fingerprint density at radius 3 is 2.20 bits per heavy atom. The third-order valence-electron chi connectivity index (χ3n) is 4.01. The number of carbonyl (C=O) groups excluding carboxylic acids is 1. The van der Waals surface area contributed by atoms with Crippen molar-refractivity contribution >= 4 is 27.1 Å². The minimum atomic E-state index is -3.27. The van der Waals surface area contributed by atoms with Crippen LogP contribution in [0.5, 0.6) is 0 Å². The van der Waals surface area contributed by atoms with Crippen molar-refractivity contribution in [1.29, 1.82) is 0 Å². The van der Waals surface area contributed by atoms with Crippen LogP contribution < -0.4 is 16.2 Å². The van der Waals surface area contributed by atoms with E-state index in [4.69, 9.17) is 5.73 Å². The Bertz CT molecular complexity index is 933. The number of anilines is 1. The molecule has 130 valence electrons. The molecule has 2 aromatic rings. The van der Waals surface area contributed by atoms with Crippen LogP contribution in [0.4, 0.5) is 5.69 Å². The van der Waals surface area contributed by atoms with Crippen molar-refractivity contribution in [3.8, 4) is 0 Å². The number of aryl methyl sites for hydroxylation is 1. The number of nitrogens with zero attached hydrogens (tertiary/aromatic N) is 1. The molecule has 1 amide bonds. The summed E-state index contributed by atoms with van der Waals surface area (Å²) < 4.78 is 23.2. The van der Waals surface area contributed by atoms with E-state index < -0.39 is 21.8 Å². The summed E-state index contributed by atoms with van der Waals surface area (Å²) in [7, 11) is -3.27. The second-order valence-corrected chi connectivity index (χ2v) is 8.04. The molecule has 2 aromatic carbocycles. The molecule has 25 heavy (non-hydrogen) atoms. The predicted octanol–water partition coefficient (Wildman–Crippen LogP) is 1.62. The Hall–Kier alpha value is -2.64. The molecule has 0 aliphatic carbocycles. The largest absolute Gasteiger partial charge is 0.368 e. The first-order valence-corrected chi connectivity index (χ1v) is 9.59. The van der Waals surface area contributed by atoms with Crippen LogP contribution in [-0.2, 0) is 14.6 Å². The van der Waals surface area contributed by atoms with Gasteiger partial charge in [0.15, 0.2) is 9.84 Å². The second kappa shape index (κ2) is 6.34. The van der Waals surface area contributed by atoms with E-state index in [0.29, 0.717) is 5.69 Å². The molecule has 0 saturated carbocycles. The van der Waals surface area contributed by atoms with Gasteiger partial charge in [0.05, 0.1) is 16.3 Å². The molecular formula is C18H19N3O3S. The zero-order chi connectivity index (χ0) is 18.2. The molecule has 6 nitrogen and oxygen atoms in total. The van der Waals surface area contributed by atoms with E-state index in [2.05, 4.69) is 5.43 Å². The Morgan fingerprint density at radius 1 is 1.08 bits per heavy atom. The van der Waals surface area contributed by atoms with E-state index in [1.165, 1.54) is 12.1 Å². The number of hydrogen-bond donors (Lipinski definition) is 2. The van der Waals surface area contributed by atoms with Crippen molar-refractivity contribution in [3.05, 3.63) is 65.7 Å². The summed E-state index contributed by atoms with van der Waals surface area (Å²) in [5.41, 5.74) is 12.0. The quantitative estimate of drug-likeness (QED) is 0.867. The SMILES string of the molecule is Cc1ccc(C2=CC(C(N)=O)NN2c2ccc(S(C)(=O)=O)cc2)cc1. The normalized spacial score (nSPS) is 17.4. The first-order valence-electron chi connectivity index (χ1n) is 7.70. The maximum Gasteiger partial charge on any atom is 0.240 e. The van der Waals surface area contributed by atoms with Gasteiger partial charge >= 0.3 is 0 Å². The van der Waals surface area contributed by atoms with Gasteiger partial charge in [-0.3, -0.25) is 9.80 Å². The van der Waals surface area contributed by atoms with E-state index in [1.807, 2.05) is 31.2 Å². The second-order valence-electron chi connectivity index (χ2n) is 6.03. The molecule has 0 bridgehead atoms. The highest BCUT2D eigenvalue weighted by Gasteiger charge is 2.28. The van der Waals surface area contributed by atoms with E-state index in [1.54, 1.807) is 23.2 Å². The molecule has 0 aromatic heterocycles. The van der Waals surface area contributed by atoms with Crippen LogP contribution >= 0.6 is 0 Å². The summed E-state index contributed by atoms with van der Waals surface area (Å²) >= 11 is 0. The highest BCUT2D eigenvalue weighted by Crippen LogP contribution is 2.30. The van der Waals surface area contributed by atoms with Crippen molar-refractivity contribution in [2.45, 2.75) is 17.9 Å². The maximum absolute atomic E-state index is 11.6. The molecule has 1 aliphatic rings. The molecule has 1 heterocycles. The number of nitrogens with one attached hydrogen (secondary N) is 1. The van der Waals surface area contributed by atoms with Gasteiger partial charge < -0.3 is 5.73 Å². The fourth-order valence-corrected chi connectivity index (χ4v) is 3.26. The fraction of sp³-hybridized carbons (Fsp3) is 0.167. The van der Waals surface area contributed by atoms with Crippen molar-refractivity contribution in [2.24, 2.45) is 5.73 Å². The first kappa shape index (κ1) is 17.2. The Labute approximate surface area is 146 Å². The van der Waals surface area contributed by atoms with Crippen LogP contribution in [0.25, 0.3) is 5.70 Å². The van der Waals surface area contributed by atoms with E-state index in [-0.39, 0.29) is 4.90 Å². The van der Waals surface area contributed by atoms with Crippen molar-refractivity contribution in [1.82, 2.24) is 5.43 Å². The van der Waals surface area contributed by atoms with Crippen LogP contribution in [0.3, 0.4) is 0 Å². The Balaban J connectivity index is 2.00. The van der Waals surface area contributed by atoms with Crippen LogP contribution in [0.1, 0.15) is 11.1 Å². The lowest BCUT2D eigenvalue weighted by atomic mass is 10.1. The lowest BCUT2D eigenvalue weighted by Crippen LogP contribution is -2.43. The van der Waals surface area contributed by atoms with Crippen molar-refractivity contribution in [2.75, 3.05) is 11.3 Å². The van der Waals surface area contributed by atoms with Crippen LogP contribution in [0, 0.1) is 6.92 Å².